The minimum absolute atomic E-state index is 0.124. The molecule has 35 heavy (non-hydrogen) atoms. The Hall–Kier alpha value is -3.09. The van der Waals surface area contributed by atoms with Crippen molar-refractivity contribution in [2.24, 2.45) is 7.05 Å². The molecule has 4 rings (SSSR count). The van der Waals surface area contributed by atoms with Gasteiger partial charge in [0, 0.05) is 49.6 Å². The van der Waals surface area contributed by atoms with Gasteiger partial charge in [0.25, 0.3) is 0 Å². The average Bonchev–Trinajstić information content (AvgIpc) is 3.53. The van der Waals surface area contributed by atoms with Crippen molar-refractivity contribution in [3.63, 3.8) is 0 Å². The van der Waals surface area contributed by atoms with Crippen LogP contribution in [0.2, 0.25) is 0 Å². The van der Waals surface area contributed by atoms with E-state index < -0.39 is 10.0 Å². The topological polar surface area (TPSA) is 116 Å². The van der Waals surface area contributed by atoms with Crippen molar-refractivity contribution in [1.29, 1.82) is 0 Å². The van der Waals surface area contributed by atoms with Crippen LogP contribution in [0.3, 0.4) is 0 Å². The van der Waals surface area contributed by atoms with Gasteiger partial charge in [0.05, 0.1) is 24.9 Å². The Morgan fingerprint density at radius 1 is 1.03 bits per heavy atom. The van der Waals surface area contributed by atoms with E-state index >= 15 is 0 Å². The lowest BCUT2D eigenvalue weighted by atomic mass is 10.2. The Balaban J connectivity index is 1.41. The Bertz CT molecular complexity index is 1280. The van der Waals surface area contributed by atoms with E-state index in [1.165, 1.54) is 16.1 Å². The molecule has 186 valence electrons. The molecule has 0 unspecified atom stereocenters. The Labute approximate surface area is 208 Å². The van der Waals surface area contributed by atoms with Gasteiger partial charge in [-0.15, -0.1) is 10.2 Å². The zero-order valence-corrected chi connectivity index (χ0v) is 21.4. The number of amides is 1. The SMILES string of the molecule is COc1cc(NC(=O)CSc2nnc(-c3ccc(S(=O)(=O)N4CCCC4)cc3)n2C)cc(OC)c1. The molecule has 2 aromatic carbocycles. The number of hydrogen-bond donors (Lipinski definition) is 1. The number of rotatable bonds is 9. The van der Waals surface area contributed by atoms with Gasteiger partial charge in [0.15, 0.2) is 11.0 Å². The van der Waals surface area contributed by atoms with E-state index in [4.69, 9.17) is 9.47 Å². The largest absolute Gasteiger partial charge is 0.497 e. The maximum absolute atomic E-state index is 12.7. The molecule has 0 atom stereocenters. The van der Waals surface area contributed by atoms with E-state index in [9.17, 15) is 13.2 Å². The van der Waals surface area contributed by atoms with Crippen LogP contribution >= 0.6 is 11.8 Å². The van der Waals surface area contributed by atoms with E-state index in [0.717, 1.165) is 18.4 Å². The summed E-state index contributed by atoms with van der Waals surface area (Å²) in [4.78, 5) is 12.8. The quantitative estimate of drug-likeness (QED) is 0.431. The third-order valence-electron chi connectivity index (χ3n) is 5.62. The van der Waals surface area contributed by atoms with E-state index in [1.807, 2.05) is 0 Å². The summed E-state index contributed by atoms with van der Waals surface area (Å²) in [7, 11) is 1.42. The number of sulfonamides is 1. The number of anilines is 1. The Kier molecular flexibility index (Phi) is 7.63. The van der Waals surface area contributed by atoms with E-state index in [0.29, 0.717) is 41.3 Å². The Morgan fingerprint density at radius 3 is 2.26 bits per heavy atom. The highest BCUT2D eigenvalue weighted by Crippen LogP contribution is 2.28. The Morgan fingerprint density at radius 2 is 1.66 bits per heavy atom. The second-order valence-corrected chi connectivity index (χ2v) is 10.8. The van der Waals surface area contributed by atoms with Gasteiger partial charge in [-0.2, -0.15) is 4.31 Å². The summed E-state index contributed by atoms with van der Waals surface area (Å²) >= 11 is 1.25. The lowest BCUT2D eigenvalue weighted by Gasteiger charge is -2.15. The van der Waals surface area contributed by atoms with Crippen LogP contribution in [-0.2, 0) is 21.9 Å². The first-order valence-electron chi connectivity index (χ1n) is 11.0. The fourth-order valence-corrected chi connectivity index (χ4v) is 5.98. The van der Waals surface area contributed by atoms with Crippen molar-refractivity contribution in [2.75, 3.05) is 38.4 Å². The number of carbonyl (C=O) groups excluding carboxylic acids is 1. The van der Waals surface area contributed by atoms with Crippen LogP contribution in [-0.4, -0.2) is 66.5 Å². The minimum Gasteiger partial charge on any atom is -0.497 e. The van der Waals surface area contributed by atoms with Gasteiger partial charge in [-0.1, -0.05) is 11.8 Å². The average molecular weight is 518 g/mol. The van der Waals surface area contributed by atoms with Gasteiger partial charge < -0.3 is 19.4 Å². The molecule has 1 fully saturated rings. The highest BCUT2D eigenvalue weighted by atomic mass is 32.2. The van der Waals surface area contributed by atoms with E-state index in [1.54, 1.807) is 68.3 Å². The number of hydrogen-bond acceptors (Lipinski definition) is 8. The molecule has 0 bridgehead atoms. The monoisotopic (exact) mass is 517 g/mol. The molecule has 2 heterocycles. The number of nitrogens with one attached hydrogen (secondary N) is 1. The smallest absolute Gasteiger partial charge is 0.243 e. The summed E-state index contributed by atoms with van der Waals surface area (Å²) < 4.78 is 39.2. The molecule has 10 nitrogen and oxygen atoms in total. The van der Waals surface area contributed by atoms with Crippen molar-refractivity contribution < 1.29 is 22.7 Å². The predicted octanol–water partition coefficient (Wildman–Crippen LogP) is 3.01. The zero-order valence-electron chi connectivity index (χ0n) is 19.7. The van der Waals surface area contributed by atoms with Crippen LogP contribution in [0.25, 0.3) is 11.4 Å². The summed E-state index contributed by atoms with van der Waals surface area (Å²) in [6.07, 6.45) is 1.78. The van der Waals surface area contributed by atoms with Gasteiger partial charge >= 0.3 is 0 Å². The number of aromatic nitrogens is 3. The summed E-state index contributed by atoms with van der Waals surface area (Å²) in [5.74, 6) is 1.63. The first kappa shape index (κ1) is 25.0. The van der Waals surface area contributed by atoms with Crippen LogP contribution in [0.5, 0.6) is 11.5 Å². The second-order valence-electron chi connectivity index (χ2n) is 7.94. The number of nitrogens with zero attached hydrogens (tertiary/aromatic N) is 4. The molecular formula is C23H27N5O5S2. The third-order valence-corrected chi connectivity index (χ3v) is 8.55. The molecule has 12 heteroatoms. The van der Waals surface area contributed by atoms with E-state index in [2.05, 4.69) is 15.5 Å². The molecule has 0 saturated carbocycles. The predicted molar refractivity (Wildman–Crippen MR) is 133 cm³/mol. The second kappa shape index (κ2) is 10.7. The van der Waals surface area contributed by atoms with Gasteiger partial charge in [-0.05, 0) is 37.1 Å². The van der Waals surface area contributed by atoms with Gasteiger partial charge in [0.2, 0.25) is 15.9 Å². The maximum Gasteiger partial charge on any atom is 0.243 e. The highest BCUT2D eigenvalue weighted by Gasteiger charge is 2.27. The fraction of sp³-hybridized carbons (Fsp3) is 0.348. The third kappa shape index (κ3) is 5.60. The number of thioether (sulfide) groups is 1. The molecule has 0 radical (unpaired) electrons. The van der Waals surface area contributed by atoms with Crippen molar-refractivity contribution in [3.8, 4) is 22.9 Å². The lowest BCUT2D eigenvalue weighted by molar-refractivity contribution is -0.113. The maximum atomic E-state index is 12.7. The summed E-state index contributed by atoms with van der Waals surface area (Å²) in [5, 5.41) is 11.8. The van der Waals surface area contributed by atoms with Crippen LogP contribution in [0.1, 0.15) is 12.8 Å². The standard InChI is InChI=1S/C23H27N5O5S2/c1-27-22(16-6-8-20(9-7-16)35(30,31)28-10-4-5-11-28)25-26-23(27)34-15-21(29)24-17-12-18(32-2)14-19(13-17)33-3/h6-9,12-14H,4-5,10-11,15H2,1-3H3,(H,24,29). The van der Waals surface area contributed by atoms with Crippen LogP contribution in [0.4, 0.5) is 5.69 Å². The molecule has 0 spiro atoms. The van der Waals surface area contributed by atoms with Crippen LogP contribution in [0, 0.1) is 0 Å². The summed E-state index contributed by atoms with van der Waals surface area (Å²) in [6, 6.07) is 11.8. The van der Waals surface area contributed by atoms with Crippen LogP contribution in [0.15, 0.2) is 52.5 Å². The van der Waals surface area contributed by atoms with Gasteiger partial charge in [-0.25, -0.2) is 8.42 Å². The molecule has 1 aliphatic heterocycles. The molecule has 0 aliphatic carbocycles. The number of benzene rings is 2. The molecule has 3 aromatic rings. The summed E-state index contributed by atoms with van der Waals surface area (Å²) in [6.45, 7) is 1.12. The molecule has 1 saturated heterocycles. The molecule has 1 amide bonds. The normalized spacial score (nSPS) is 14.1. The molecule has 1 aromatic heterocycles. The van der Waals surface area contributed by atoms with Crippen molar-refractivity contribution in [3.05, 3.63) is 42.5 Å². The van der Waals surface area contributed by atoms with Crippen LogP contribution < -0.4 is 14.8 Å². The minimum atomic E-state index is -3.47. The zero-order chi connectivity index (χ0) is 25.0. The number of carbonyl (C=O) groups is 1. The van der Waals surface area contributed by atoms with Crippen molar-refractivity contribution >= 4 is 33.4 Å². The highest BCUT2D eigenvalue weighted by molar-refractivity contribution is 7.99. The molecule has 1 aliphatic rings. The van der Waals surface area contributed by atoms with Gasteiger partial charge in [0.1, 0.15) is 11.5 Å². The molecular weight excluding hydrogens is 490 g/mol. The van der Waals surface area contributed by atoms with Gasteiger partial charge in [-0.3, -0.25) is 4.79 Å². The van der Waals surface area contributed by atoms with Crippen molar-refractivity contribution in [1.82, 2.24) is 19.1 Å². The van der Waals surface area contributed by atoms with Crippen molar-refractivity contribution in [2.45, 2.75) is 22.9 Å². The molecule has 1 N–H and O–H groups in total. The first-order valence-corrected chi connectivity index (χ1v) is 13.4. The fourth-order valence-electron chi connectivity index (χ4n) is 3.75. The number of methoxy groups -OCH3 is 2. The lowest BCUT2D eigenvalue weighted by Crippen LogP contribution is -2.27. The first-order chi connectivity index (χ1) is 16.8. The summed E-state index contributed by atoms with van der Waals surface area (Å²) in [5.41, 5.74) is 1.30. The number of ether oxygens (including phenoxy) is 2. The van der Waals surface area contributed by atoms with E-state index in [-0.39, 0.29) is 16.6 Å².